The van der Waals surface area contributed by atoms with Crippen LogP contribution in [0.3, 0.4) is 0 Å². The fourth-order valence-electron chi connectivity index (χ4n) is 2.23. The van der Waals surface area contributed by atoms with Crippen LogP contribution in [0.4, 0.5) is 5.69 Å². The van der Waals surface area contributed by atoms with Crippen molar-refractivity contribution in [3.05, 3.63) is 42.2 Å². The standard InChI is InChI=1S/C15H16N4O2S/c1-15(13(20)16-7-10-8-17-19(2)9-10)14(21)18-11-5-3-4-6-12(11)22-15/h3-6,8-9H,7H2,1-2H3,(H,16,20)(H,18,21)/t15-/m1/s1. The number of nitrogens with zero attached hydrogens (tertiary/aromatic N) is 2. The molecule has 6 nitrogen and oxygen atoms in total. The van der Waals surface area contributed by atoms with E-state index >= 15 is 0 Å². The Labute approximate surface area is 132 Å². The van der Waals surface area contributed by atoms with Crippen molar-refractivity contribution in [1.29, 1.82) is 0 Å². The zero-order chi connectivity index (χ0) is 15.7. The number of hydrogen-bond donors (Lipinski definition) is 2. The fraction of sp³-hybridized carbons (Fsp3) is 0.267. The number of fused-ring (bicyclic) bond motifs is 1. The van der Waals surface area contributed by atoms with E-state index in [1.807, 2.05) is 37.5 Å². The molecule has 1 aromatic heterocycles. The van der Waals surface area contributed by atoms with Crippen LogP contribution in [0.5, 0.6) is 0 Å². The summed E-state index contributed by atoms with van der Waals surface area (Å²) in [6.45, 7) is 1.99. The lowest BCUT2D eigenvalue weighted by Crippen LogP contribution is -2.51. The van der Waals surface area contributed by atoms with Crippen molar-refractivity contribution in [2.24, 2.45) is 7.05 Å². The number of benzene rings is 1. The van der Waals surface area contributed by atoms with Crippen LogP contribution in [0.25, 0.3) is 0 Å². The van der Waals surface area contributed by atoms with Crippen LogP contribution in [0.15, 0.2) is 41.6 Å². The maximum Gasteiger partial charge on any atom is 0.250 e. The molecule has 2 N–H and O–H groups in total. The second-order valence-corrected chi connectivity index (χ2v) is 6.75. The van der Waals surface area contributed by atoms with Crippen molar-refractivity contribution in [2.75, 3.05) is 5.32 Å². The van der Waals surface area contributed by atoms with Gasteiger partial charge in [-0.05, 0) is 19.1 Å². The van der Waals surface area contributed by atoms with Gasteiger partial charge in [0, 0.05) is 30.2 Å². The summed E-state index contributed by atoms with van der Waals surface area (Å²) in [7, 11) is 1.81. The number of thioether (sulfide) groups is 1. The third kappa shape index (κ3) is 2.59. The Morgan fingerprint density at radius 2 is 2.23 bits per heavy atom. The summed E-state index contributed by atoms with van der Waals surface area (Å²) < 4.78 is 0.484. The number of para-hydroxylation sites is 1. The summed E-state index contributed by atoms with van der Waals surface area (Å²) in [6.07, 6.45) is 3.51. The van der Waals surface area contributed by atoms with E-state index in [2.05, 4.69) is 15.7 Å². The molecule has 1 aliphatic rings. The van der Waals surface area contributed by atoms with Gasteiger partial charge >= 0.3 is 0 Å². The van der Waals surface area contributed by atoms with Gasteiger partial charge in [-0.1, -0.05) is 23.9 Å². The summed E-state index contributed by atoms with van der Waals surface area (Å²) in [4.78, 5) is 25.7. The predicted molar refractivity (Wildman–Crippen MR) is 84.4 cm³/mol. The highest BCUT2D eigenvalue weighted by atomic mass is 32.2. The predicted octanol–water partition coefficient (Wildman–Crippen LogP) is 1.54. The highest BCUT2D eigenvalue weighted by Crippen LogP contribution is 2.42. The summed E-state index contributed by atoms with van der Waals surface area (Å²) in [6, 6.07) is 7.46. The van der Waals surface area contributed by atoms with Gasteiger partial charge in [0.15, 0.2) is 4.75 Å². The molecule has 2 aromatic rings. The lowest BCUT2D eigenvalue weighted by molar-refractivity contribution is -0.130. The van der Waals surface area contributed by atoms with Gasteiger partial charge in [-0.15, -0.1) is 0 Å². The first-order valence-electron chi connectivity index (χ1n) is 6.84. The van der Waals surface area contributed by atoms with E-state index < -0.39 is 4.75 Å². The number of anilines is 1. The SMILES string of the molecule is Cn1cc(CNC(=O)[C@@]2(C)Sc3ccccc3NC2=O)cn1. The van der Waals surface area contributed by atoms with Gasteiger partial charge in [-0.2, -0.15) is 5.10 Å². The molecule has 1 atom stereocenters. The van der Waals surface area contributed by atoms with Crippen molar-refractivity contribution in [3.63, 3.8) is 0 Å². The molecule has 114 valence electrons. The van der Waals surface area contributed by atoms with Crippen LogP contribution in [-0.4, -0.2) is 26.3 Å². The van der Waals surface area contributed by atoms with Crippen molar-refractivity contribution in [1.82, 2.24) is 15.1 Å². The molecular formula is C15H16N4O2S. The Bertz CT molecular complexity index is 743. The minimum atomic E-state index is -1.18. The number of carbonyl (C=O) groups is 2. The molecule has 1 aromatic carbocycles. The monoisotopic (exact) mass is 316 g/mol. The van der Waals surface area contributed by atoms with Crippen LogP contribution in [0, 0.1) is 0 Å². The van der Waals surface area contributed by atoms with Gasteiger partial charge in [0.2, 0.25) is 11.8 Å². The van der Waals surface area contributed by atoms with Gasteiger partial charge < -0.3 is 10.6 Å². The van der Waals surface area contributed by atoms with Gasteiger partial charge in [0.1, 0.15) is 0 Å². The number of carbonyl (C=O) groups excluding carboxylic acids is 2. The molecule has 0 saturated carbocycles. The van der Waals surface area contributed by atoms with Gasteiger partial charge in [0.05, 0.1) is 11.9 Å². The summed E-state index contributed by atoms with van der Waals surface area (Å²) >= 11 is 1.27. The lowest BCUT2D eigenvalue weighted by Gasteiger charge is -2.31. The molecular weight excluding hydrogens is 300 g/mol. The molecule has 1 aliphatic heterocycles. The largest absolute Gasteiger partial charge is 0.350 e. The maximum atomic E-state index is 12.5. The number of aromatic nitrogens is 2. The Kier molecular flexibility index (Phi) is 3.66. The topological polar surface area (TPSA) is 76.0 Å². The lowest BCUT2D eigenvalue weighted by atomic mass is 10.1. The van der Waals surface area contributed by atoms with E-state index in [4.69, 9.17) is 0 Å². The summed E-state index contributed by atoms with van der Waals surface area (Å²) in [5.74, 6) is -0.617. The summed E-state index contributed by atoms with van der Waals surface area (Å²) in [5.41, 5.74) is 1.64. The molecule has 0 fully saturated rings. The maximum absolute atomic E-state index is 12.5. The first-order valence-corrected chi connectivity index (χ1v) is 7.66. The highest BCUT2D eigenvalue weighted by molar-refractivity contribution is 8.02. The van der Waals surface area contributed by atoms with Crippen LogP contribution < -0.4 is 10.6 Å². The number of nitrogens with one attached hydrogen (secondary N) is 2. The van der Waals surface area contributed by atoms with Gasteiger partial charge in [-0.25, -0.2) is 0 Å². The molecule has 0 unspecified atom stereocenters. The van der Waals surface area contributed by atoms with Crippen molar-refractivity contribution < 1.29 is 9.59 Å². The third-order valence-corrected chi connectivity index (χ3v) is 4.88. The number of rotatable bonds is 3. The number of aryl methyl sites for hydroxylation is 1. The molecule has 0 saturated heterocycles. The average molecular weight is 316 g/mol. The Balaban J connectivity index is 1.75. The smallest absolute Gasteiger partial charge is 0.250 e. The molecule has 0 aliphatic carbocycles. The van der Waals surface area contributed by atoms with E-state index in [1.54, 1.807) is 17.8 Å². The van der Waals surface area contributed by atoms with Crippen LogP contribution in [0.2, 0.25) is 0 Å². The normalized spacial score (nSPS) is 20.2. The molecule has 2 amide bonds. The molecule has 22 heavy (non-hydrogen) atoms. The van der Waals surface area contributed by atoms with Crippen LogP contribution >= 0.6 is 11.8 Å². The molecule has 0 radical (unpaired) electrons. The molecule has 7 heteroatoms. The first kappa shape index (κ1) is 14.6. The first-order chi connectivity index (χ1) is 10.5. The van der Waals surface area contributed by atoms with E-state index in [0.717, 1.165) is 16.1 Å². The van der Waals surface area contributed by atoms with Crippen molar-refractivity contribution >= 4 is 29.3 Å². The van der Waals surface area contributed by atoms with E-state index in [1.165, 1.54) is 11.8 Å². The number of hydrogen-bond acceptors (Lipinski definition) is 4. The number of amides is 2. The summed E-state index contributed by atoms with van der Waals surface area (Å²) in [5, 5.41) is 9.66. The van der Waals surface area contributed by atoms with Crippen LogP contribution in [-0.2, 0) is 23.2 Å². The van der Waals surface area contributed by atoms with Crippen LogP contribution in [0.1, 0.15) is 12.5 Å². The zero-order valence-electron chi connectivity index (χ0n) is 12.3. The molecule has 0 bridgehead atoms. The minimum Gasteiger partial charge on any atom is -0.350 e. The Morgan fingerprint density at radius 1 is 1.45 bits per heavy atom. The third-order valence-electron chi connectivity index (χ3n) is 3.53. The van der Waals surface area contributed by atoms with Crippen molar-refractivity contribution in [2.45, 2.75) is 23.1 Å². The van der Waals surface area contributed by atoms with Crippen molar-refractivity contribution in [3.8, 4) is 0 Å². The Morgan fingerprint density at radius 3 is 2.95 bits per heavy atom. The molecule has 2 heterocycles. The van der Waals surface area contributed by atoms with Gasteiger partial charge in [0.25, 0.3) is 0 Å². The zero-order valence-corrected chi connectivity index (χ0v) is 13.1. The second-order valence-electron chi connectivity index (χ2n) is 5.29. The molecule has 0 spiro atoms. The Hall–Kier alpha value is -2.28. The second kappa shape index (κ2) is 5.49. The average Bonchev–Trinajstić information content (AvgIpc) is 2.91. The van der Waals surface area contributed by atoms with Gasteiger partial charge in [-0.3, -0.25) is 14.3 Å². The highest BCUT2D eigenvalue weighted by Gasteiger charge is 2.45. The van der Waals surface area contributed by atoms with E-state index in [0.29, 0.717) is 6.54 Å². The molecule has 3 rings (SSSR count). The minimum absolute atomic E-state index is 0.306. The quantitative estimate of drug-likeness (QED) is 0.842. The fourth-order valence-corrected chi connectivity index (χ4v) is 3.35. The van der Waals surface area contributed by atoms with E-state index in [9.17, 15) is 9.59 Å². The van der Waals surface area contributed by atoms with E-state index in [-0.39, 0.29) is 11.8 Å².